The monoisotopic (exact) mass is 371 g/mol. The number of sulfonamides is 1. The minimum absolute atomic E-state index is 0.0341. The van der Waals surface area contributed by atoms with Gasteiger partial charge in [-0.15, -0.1) is 4.40 Å². The van der Waals surface area contributed by atoms with E-state index >= 15 is 0 Å². The predicted molar refractivity (Wildman–Crippen MR) is 103 cm³/mol. The van der Waals surface area contributed by atoms with E-state index in [0.717, 1.165) is 12.1 Å². The van der Waals surface area contributed by atoms with E-state index in [-0.39, 0.29) is 16.7 Å². The Kier molecular flexibility index (Phi) is 4.82. The standard InChI is InChI=1S/C19H21N3O3S/c1-4-13(2)19-21-26(24,25)18-12-15(20-14(3)23)10-11-17(18)22(19)16-8-6-5-7-9-16/h5-13H,4H2,1-3H3,(H,20,23)/t13-/m1/s1. The van der Waals surface area contributed by atoms with Gasteiger partial charge in [0.1, 0.15) is 10.7 Å². The van der Waals surface area contributed by atoms with Crippen LogP contribution in [0.15, 0.2) is 57.8 Å². The molecule has 1 aliphatic rings. The first-order chi connectivity index (χ1) is 12.3. The number of nitrogens with one attached hydrogen (secondary N) is 1. The Bertz CT molecular complexity index is 969. The molecule has 2 aromatic rings. The van der Waals surface area contributed by atoms with Gasteiger partial charge in [-0.3, -0.25) is 9.69 Å². The minimum atomic E-state index is -3.85. The van der Waals surface area contributed by atoms with Gasteiger partial charge in [-0.05, 0) is 36.8 Å². The molecule has 1 heterocycles. The lowest BCUT2D eigenvalue weighted by Gasteiger charge is -2.33. The summed E-state index contributed by atoms with van der Waals surface area (Å²) in [6.45, 7) is 5.34. The first-order valence-corrected chi connectivity index (χ1v) is 9.89. The molecule has 0 saturated heterocycles. The topological polar surface area (TPSA) is 78.8 Å². The zero-order chi connectivity index (χ0) is 18.9. The molecule has 0 saturated carbocycles. The van der Waals surface area contributed by atoms with Crippen LogP contribution in [0.3, 0.4) is 0 Å². The molecule has 26 heavy (non-hydrogen) atoms. The number of anilines is 3. The Hall–Kier alpha value is -2.67. The van der Waals surface area contributed by atoms with Crippen molar-refractivity contribution < 1.29 is 13.2 Å². The molecule has 1 N–H and O–H groups in total. The molecule has 0 aliphatic carbocycles. The van der Waals surface area contributed by atoms with Crippen LogP contribution in [-0.4, -0.2) is 20.2 Å². The van der Waals surface area contributed by atoms with Crippen LogP contribution in [0.1, 0.15) is 27.2 Å². The lowest BCUT2D eigenvalue weighted by molar-refractivity contribution is -0.114. The summed E-state index contributed by atoms with van der Waals surface area (Å²) in [5, 5.41) is 2.62. The largest absolute Gasteiger partial charge is 0.326 e. The van der Waals surface area contributed by atoms with Gasteiger partial charge in [0, 0.05) is 24.2 Å². The van der Waals surface area contributed by atoms with E-state index < -0.39 is 10.0 Å². The molecule has 0 bridgehead atoms. The molecule has 0 aromatic heterocycles. The summed E-state index contributed by atoms with van der Waals surface area (Å²) >= 11 is 0. The molecule has 3 rings (SSSR count). The molecule has 1 aliphatic heterocycles. The van der Waals surface area contributed by atoms with Crippen LogP contribution in [0.5, 0.6) is 0 Å². The Labute approximate surface area is 153 Å². The second-order valence-electron chi connectivity index (χ2n) is 6.27. The molecule has 6 nitrogen and oxygen atoms in total. The summed E-state index contributed by atoms with van der Waals surface area (Å²) in [4.78, 5) is 13.3. The van der Waals surface area contributed by atoms with E-state index in [1.54, 1.807) is 12.1 Å². The van der Waals surface area contributed by atoms with E-state index in [2.05, 4.69) is 9.71 Å². The quantitative estimate of drug-likeness (QED) is 0.883. The van der Waals surface area contributed by atoms with Gasteiger partial charge in [-0.25, -0.2) is 0 Å². The van der Waals surface area contributed by atoms with E-state index in [4.69, 9.17) is 0 Å². The van der Waals surface area contributed by atoms with Gasteiger partial charge >= 0.3 is 0 Å². The highest BCUT2D eigenvalue weighted by Gasteiger charge is 2.34. The van der Waals surface area contributed by atoms with Gasteiger partial charge in [0.25, 0.3) is 10.0 Å². The zero-order valence-electron chi connectivity index (χ0n) is 14.9. The molecule has 0 spiro atoms. The van der Waals surface area contributed by atoms with Gasteiger partial charge in [0.2, 0.25) is 5.91 Å². The van der Waals surface area contributed by atoms with Crippen LogP contribution in [-0.2, 0) is 14.8 Å². The first kappa shape index (κ1) is 18.1. The normalized spacial score (nSPS) is 16.4. The third kappa shape index (κ3) is 3.35. The van der Waals surface area contributed by atoms with Crippen molar-refractivity contribution in [3.05, 3.63) is 48.5 Å². The van der Waals surface area contributed by atoms with E-state index in [9.17, 15) is 13.2 Å². The maximum atomic E-state index is 12.8. The average molecular weight is 371 g/mol. The smallest absolute Gasteiger partial charge is 0.286 e. The molecule has 0 fully saturated rings. The Morgan fingerprint density at radius 2 is 1.88 bits per heavy atom. The molecule has 136 valence electrons. The van der Waals surface area contributed by atoms with Gasteiger partial charge in [0.15, 0.2) is 0 Å². The van der Waals surface area contributed by atoms with Gasteiger partial charge in [-0.2, -0.15) is 8.42 Å². The fraction of sp³-hybridized carbons (Fsp3) is 0.263. The van der Waals surface area contributed by atoms with Crippen molar-refractivity contribution in [2.45, 2.75) is 32.1 Å². The van der Waals surface area contributed by atoms with Crippen molar-refractivity contribution in [2.75, 3.05) is 10.2 Å². The van der Waals surface area contributed by atoms with E-state index in [1.807, 2.05) is 49.1 Å². The highest BCUT2D eigenvalue weighted by atomic mass is 32.2. The molecule has 0 radical (unpaired) electrons. The third-order valence-corrected chi connectivity index (χ3v) is 5.62. The van der Waals surface area contributed by atoms with Crippen LogP contribution in [0.25, 0.3) is 0 Å². The number of para-hydroxylation sites is 1. The molecule has 2 aromatic carbocycles. The lowest BCUT2D eigenvalue weighted by Crippen LogP contribution is -2.36. The van der Waals surface area contributed by atoms with Gasteiger partial charge < -0.3 is 5.32 Å². The fourth-order valence-corrected chi connectivity index (χ4v) is 4.17. The number of nitrogens with zero attached hydrogens (tertiary/aromatic N) is 2. The van der Waals surface area contributed by atoms with Crippen molar-refractivity contribution in [3.63, 3.8) is 0 Å². The van der Waals surface area contributed by atoms with Crippen LogP contribution in [0.4, 0.5) is 17.1 Å². The number of hydrogen-bond donors (Lipinski definition) is 1. The Morgan fingerprint density at radius 3 is 2.50 bits per heavy atom. The van der Waals surface area contributed by atoms with Crippen molar-refractivity contribution in [3.8, 4) is 0 Å². The summed E-state index contributed by atoms with van der Waals surface area (Å²) < 4.78 is 29.7. The van der Waals surface area contributed by atoms with Crippen LogP contribution < -0.4 is 10.2 Å². The lowest BCUT2D eigenvalue weighted by atomic mass is 10.1. The number of carbonyl (C=O) groups is 1. The number of fused-ring (bicyclic) bond motifs is 1. The Morgan fingerprint density at radius 1 is 1.19 bits per heavy atom. The number of amidine groups is 1. The summed E-state index contributed by atoms with van der Waals surface area (Å²) in [6, 6.07) is 14.4. The molecular weight excluding hydrogens is 350 g/mol. The number of benzene rings is 2. The highest BCUT2D eigenvalue weighted by Crippen LogP contribution is 2.39. The molecule has 1 atom stereocenters. The second kappa shape index (κ2) is 6.92. The van der Waals surface area contributed by atoms with Gasteiger partial charge in [-0.1, -0.05) is 32.0 Å². The molecular formula is C19H21N3O3S. The Balaban J connectivity index is 2.23. The van der Waals surface area contributed by atoms with Crippen LogP contribution in [0, 0.1) is 5.92 Å². The maximum Gasteiger partial charge on any atom is 0.286 e. The fourth-order valence-electron chi connectivity index (χ4n) is 2.86. The summed E-state index contributed by atoms with van der Waals surface area (Å²) in [5.41, 5.74) is 1.81. The van der Waals surface area contributed by atoms with Gasteiger partial charge in [0.05, 0.1) is 5.69 Å². The highest BCUT2D eigenvalue weighted by molar-refractivity contribution is 7.90. The second-order valence-corrected chi connectivity index (χ2v) is 7.84. The van der Waals surface area contributed by atoms with Crippen LogP contribution >= 0.6 is 0 Å². The van der Waals surface area contributed by atoms with E-state index in [0.29, 0.717) is 17.2 Å². The molecule has 1 amide bonds. The van der Waals surface area contributed by atoms with Crippen molar-refractivity contribution in [1.29, 1.82) is 0 Å². The number of rotatable bonds is 4. The predicted octanol–water partition coefficient (Wildman–Crippen LogP) is 3.93. The third-order valence-electron chi connectivity index (χ3n) is 4.31. The summed E-state index contributed by atoms with van der Waals surface area (Å²) in [6.07, 6.45) is 0.761. The van der Waals surface area contributed by atoms with Crippen molar-refractivity contribution >= 4 is 38.8 Å². The average Bonchev–Trinajstić information content (AvgIpc) is 2.61. The number of carbonyl (C=O) groups excluding carboxylic acids is 1. The SMILES string of the molecule is CC[C@@H](C)C1=NS(=O)(=O)c2cc(NC(C)=O)ccc2N1c1ccccc1. The van der Waals surface area contributed by atoms with Crippen LogP contribution in [0.2, 0.25) is 0 Å². The first-order valence-electron chi connectivity index (χ1n) is 8.45. The van der Waals surface area contributed by atoms with Crippen molar-refractivity contribution in [2.24, 2.45) is 10.3 Å². The maximum absolute atomic E-state index is 12.8. The summed E-state index contributed by atoms with van der Waals surface area (Å²) in [5.74, 6) is 0.202. The number of amides is 1. The van der Waals surface area contributed by atoms with Crippen molar-refractivity contribution in [1.82, 2.24) is 0 Å². The summed E-state index contributed by atoms with van der Waals surface area (Å²) in [7, 11) is -3.85. The number of hydrogen-bond acceptors (Lipinski definition) is 4. The van der Waals surface area contributed by atoms with E-state index in [1.165, 1.54) is 13.0 Å². The minimum Gasteiger partial charge on any atom is -0.326 e. The molecule has 0 unspecified atom stereocenters. The zero-order valence-corrected chi connectivity index (χ0v) is 15.7. The molecule has 7 heteroatoms.